The summed E-state index contributed by atoms with van der Waals surface area (Å²) in [4.78, 5) is 14.7. The first kappa shape index (κ1) is 15.6. The van der Waals surface area contributed by atoms with Gasteiger partial charge in [0.15, 0.2) is 5.75 Å². The topological polar surface area (TPSA) is 54.7 Å². The lowest BCUT2D eigenvalue weighted by Crippen LogP contribution is -2.24. The summed E-state index contributed by atoms with van der Waals surface area (Å²) >= 11 is 0. The van der Waals surface area contributed by atoms with E-state index in [1.807, 2.05) is 30.3 Å². The molecule has 1 aliphatic heterocycles. The Hall–Kier alpha value is -2.27. The molecule has 5 heteroatoms. The highest BCUT2D eigenvalue weighted by Crippen LogP contribution is 2.20. The van der Waals surface area contributed by atoms with Gasteiger partial charge in [0.05, 0.1) is 13.7 Å². The fourth-order valence-corrected chi connectivity index (χ4v) is 3.05. The number of pyridine rings is 1. The number of aromatic hydroxyl groups is 1. The van der Waals surface area contributed by atoms with E-state index in [0.29, 0.717) is 18.7 Å². The normalized spacial score (nSPS) is 15.0. The van der Waals surface area contributed by atoms with Crippen molar-refractivity contribution in [1.82, 2.24) is 9.47 Å². The molecule has 1 fully saturated rings. The van der Waals surface area contributed by atoms with Crippen LogP contribution in [0.4, 0.5) is 0 Å². The molecule has 0 atom stereocenters. The van der Waals surface area contributed by atoms with Gasteiger partial charge < -0.3 is 14.4 Å². The van der Waals surface area contributed by atoms with Gasteiger partial charge in [0, 0.05) is 23.9 Å². The molecule has 3 rings (SSSR count). The lowest BCUT2D eigenvalue weighted by Gasteiger charge is -2.16. The number of likely N-dealkylation sites (tertiary alicyclic amines) is 1. The SMILES string of the molecule is COc1ccccc1Cn1ccc(CN2CCCC2)c(O)c1=O. The predicted molar refractivity (Wildman–Crippen MR) is 89.0 cm³/mol. The first-order chi connectivity index (χ1) is 11.2. The number of para-hydroxylation sites is 1. The molecular weight excluding hydrogens is 292 g/mol. The molecule has 122 valence electrons. The Morgan fingerprint density at radius 2 is 1.83 bits per heavy atom. The zero-order valence-electron chi connectivity index (χ0n) is 13.4. The Labute approximate surface area is 135 Å². The predicted octanol–water partition coefficient (Wildman–Crippen LogP) is 2.21. The molecule has 0 aliphatic carbocycles. The number of rotatable bonds is 5. The molecule has 1 aromatic carbocycles. The summed E-state index contributed by atoms with van der Waals surface area (Å²) in [5.74, 6) is 0.592. The van der Waals surface area contributed by atoms with E-state index in [9.17, 15) is 9.90 Å². The van der Waals surface area contributed by atoms with Crippen LogP contribution in [-0.2, 0) is 13.1 Å². The van der Waals surface area contributed by atoms with Gasteiger partial charge in [-0.25, -0.2) is 0 Å². The van der Waals surface area contributed by atoms with Crippen molar-refractivity contribution in [3.63, 3.8) is 0 Å². The summed E-state index contributed by atoms with van der Waals surface area (Å²) < 4.78 is 6.83. The second-order valence-electron chi connectivity index (χ2n) is 5.92. The lowest BCUT2D eigenvalue weighted by molar-refractivity contribution is 0.322. The first-order valence-electron chi connectivity index (χ1n) is 7.94. The van der Waals surface area contributed by atoms with Crippen molar-refractivity contribution in [2.75, 3.05) is 20.2 Å². The lowest BCUT2D eigenvalue weighted by atomic mass is 10.2. The van der Waals surface area contributed by atoms with Gasteiger partial charge >= 0.3 is 0 Å². The summed E-state index contributed by atoms with van der Waals surface area (Å²) in [6.45, 7) is 3.07. The maximum atomic E-state index is 12.4. The fourth-order valence-electron chi connectivity index (χ4n) is 3.05. The van der Waals surface area contributed by atoms with Gasteiger partial charge in [-0.1, -0.05) is 18.2 Å². The summed E-state index contributed by atoms with van der Waals surface area (Å²) in [5, 5.41) is 10.3. The quantitative estimate of drug-likeness (QED) is 0.919. The van der Waals surface area contributed by atoms with E-state index in [4.69, 9.17) is 4.74 Å². The van der Waals surface area contributed by atoms with Gasteiger partial charge in [-0.3, -0.25) is 9.69 Å². The second-order valence-corrected chi connectivity index (χ2v) is 5.92. The number of benzene rings is 1. The van der Waals surface area contributed by atoms with Gasteiger partial charge in [-0.2, -0.15) is 0 Å². The molecular formula is C18H22N2O3. The Bertz CT molecular complexity index is 733. The van der Waals surface area contributed by atoms with Gasteiger partial charge in [0.1, 0.15) is 5.75 Å². The summed E-state index contributed by atoms with van der Waals surface area (Å²) in [5.41, 5.74) is 1.25. The van der Waals surface area contributed by atoms with Crippen molar-refractivity contribution in [2.24, 2.45) is 0 Å². The van der Waals surface area contributed by atoms with Crippen LogP contribution >= 0.6 is 0 Å². The largest absolute Gasteiger partial charge is 0.503 e. The van der Waals surface area contributed by atoms with Crippen LogP contribution in [0.1, 0.15) is 24.0 Å². The summed E-state index contributed by atoms with van der Waals surface area (Å²) in [6.07, 6.45) is 4.12. The third kappa shape index (κ3) is 3.40. The molecule has 2 aromatic rings. The molecule has 2 heterocycles. The number of methoxy groups -OCH3 is 1. The van der Waals surface area contributed by atoms with Gasteiger partial charge in [0.25, 0.3) is 5.56 Å². The zero-order valence-corrected chi connectivity index (χ0v) is 13.4. The van der Waals surface area contributed by atoms with Crippen LogP contribution in [0.2, 0.25) is 0 Å². The van der Waals surface area contributed by atoms with Crippen LogP contribution in [0.25, 0.3) is 0 Å². The molecule has 1 N–H and O–H groups in total. The number of ether oxygens (including phenoxy) is 1. The highest BCUT2D eigenvalue weighted by molar-refractivity contribution is 5.34. The molecule has 0 spiro atoms. The smallest absolute Gasteiger partial charge is 0.293 e. The third-order valence-corrected chi connectivity index (χ3v) is 4.35. The van der Waals surface area contributed by atoms with Crippen LogP contribution in [0.3, 0.4) is 0 Å². The average molecular weight is 314 g/mol. The van der Waals surface area contributed by atoms with Crippen molar-refractivity contribution in [3.05, 3.63) is 58.0 Å². The maximum Gasteiger partial charge on any atom is 0.293 e. The van der Waals surface area contributed by atoms with Crippen LogP contribution in [0, 0.1) is 0 Å². The van der Waals surface area contributed by atoms with E-state index in [0.717, 1.165) is 24.4 Å². The number of hydrogen-bond acceptors (Lipinski definition) is 4. The van der Waals surface area contributed by atoms with Crippen LogP contribution in [0.15, 0.2) is 41.3 Å². The van der Waals surface area contributed by atoms with E-state index in [2.05, 4.69) is 4.90 Å². The molecule has 0 saturated carbocycles. The highest BCUT2D eigenvalue weighted by Gasteiger charge is 2.16. The van der Waals surface area contributed by atoms with Gasteiger partial charge in [0.2, 0.25) is 0 Å². The van der Waals surface area contributed by atoms with Crippen molar-refractivity contribution in [1.29, 1.82) is 0 Å². The van der Waals surface area contributed by atoms with E-state index in [1.54, 1.807) is 13.3 Å². The Kier molecular flexibility index (Phi) is 4.67. The van der Waals surface area contributed by atoms with E-state index in [-0.39, 0.29) is 11.3 Å². The van der Waals surface area contributed by atoms with E-state index in [1.165, 1.54) is 17.4 Å². The zero-order chi connectivity index (χ0) is 16.2. The van der Waals surface area contributed by atoms with E-state index < -0.39 is 0 Å². The molecule has 0 unspecified atom stereocenters. The average Bonchev–Trinajstić information content (AvgIpc) is 3.08. The minimum absolute atomic E-state index is 0.144. The number of aromatic nitrogens is 1. The molecule has 0 bridgehead atoms. The summed E-state index contributed by atoms with van der Waals surface area (Å²) in [6, 6.07) is 9.42. The molecule has 0 radical (unpaired) electrons. The minimum Gasteiger partial charge on any atom is -0.503 e. The second kappa shape index (κ2) is 6.87. The number of nitrogens with zero attached hydrogens (tertiary/aromatic N) is 2. The van der Waals surface area contributed by atoms with Crippen molar-refractivity contribution in [3.8, 4) is 11.5 Å². The third-order valence-electron chi connectivity index (χ3n) is 4.35. The summed E-state index contributed by atoms with van der Waals surface area (Å²) in [7, 11) is 1.61. The molecule has 1 aliphatic rings. The van der Waals surface area contributed by atoms with Crippen molar-refractivity contribution in [2.45, 2.75) is 25.9 Å². The highest BCUT2D eigenvalue weighted by atomic mass is 16.5. The standard InChI is InChI=1S/C18H22N2O3/c1-23-16-7-3-2-6-14(16)13-20-11-8-15(17(21)18(20)22)12-19-9-4-5-10-19/h2-3,6-8,11,21H,4-5,9-10,12-13H2,1H3. The first-order valence-corrected chi connectivity index (χ1v) is 7.94. The molecule has 1 aromatic heterocycles. The molecule has 23 heavy (non-hydrogen) atoms. The van der Waals surface area contributed by atoms with Crippen molar-refractivity contribution < 1.29 is 9.84 Å². The monoisotopic (exact) mass is 314 g/mol. The van der Waals surface area contributed by atoms with E-state index >= 15 is 0 Å². The Balaban J connectivity index is 1.83. The Morgan fingerprint density at radius 3 is 2.57 bits per heavy atom. The van der Waals surface area contributed by atoms with Crippen LogP contribution in [-0.4, -0.2) is 34.8 Å². The van der Waals surface area contributed by atoms with Gasteiger partial charge in [-0.05, 0) is 38.1 Å². The molecule has 0 amide bonds. The Morgan fingerprint density at radius 1 is 1.09 bits per heavy atom. The number of hydrogen-bond donors (Lipinski definition) is 1. The minimum atomic E-state index is -0.354. The fraction of sp³-hybridized carbons (Fsp3) is 0.389. The van der Waals surface area contributed by atoms with Crippen LogP contribution in [0.5, 0.6) is 11.5 Å². The maximum absolute atomic E-state index is 12.4. The molecule has 5 nitrogen and oxygen atoms in total. The molecule has 1 saturated heterocycles. The van der Waals surface area contributed by atoms with Crippen molar-refractivity contribution >= 4 is 0 Å². The van der Waals surface area contributed by atoms with Crippen LogP contribution < -0.4 is 10.3 Å². The van der Waals surface area contributed by atoms with Gasteiger partial charge in [-0.15, -0.1) is 0 Å².